The summed E-state index contributed by atoms with van der Waals surface area (Å²) >= 11 is 0. The summed E-state index contributed by atoms with van der Waals surface area (Å²) in [6, 6.07) is 6.50. The summed E-state index contributed by atoms with van der Waals surface area (Å²) in [6.07, 6.45) is 3.31. The first-order chi connectivity index (χ1) is 9.65. The van der Waals surface area contributed by atoms with Crippen molar-refractivity contribution in [3.63, 3.8) is 0 Å². The molecule has 1 heterocycles. The molecule has 3 rings (SSSR count). The zero-order valence-electron chi connectivity index (χ0n) is 11.1. The predicted molar refractivity (Wildman–Crippen MR) is 72.9 cm³/mol. The Kier molecular flexibility index (Phi) is 3.40. The molecule has 0 bridgehead atoms. The zero-order chi connectivity index (χ0) is 14.1. The second-order valence-electron chi connectivity index (χ2n) is 5.45. The quantitative estimate of drug-likeness (QED) is 0.657. The standard InChI is InChI=1S/C14H17N3O3/c18-13-9-15-14(16(13)7-6-10-4-5-10)11-2-1-3-12(8-11)17(19)20/h1-3,8,10,14-15H,4-7,9H2. The third kappa shape index (κ3) is 2.65. The number of nitrogens with zero attached hydrogens (tertiary/aromatic N) is 2. The maximum atomic E-state index is 11.9. The number of nitro benzene ring substituents is 1. The molecule has 20 heavy (non-hydrogen) atoms. The number of hydrogen-bond acceptors (Lipinski definition) is 4. The van der Waals surface area contributed by atoms with Crippen LogP contribution >= 0.6 is 0 Å². The summed E-state index contributed by atoms with van der Waals surface area (Å²) in [5.74, 6) is 0.830. The minimum Gasteiger partial charge on any atom is -0.322 e. The van der Waals surface area contributed by atoms with Gasteiger partial charge < -0.3 is 4.90 Å². The van der Waals surface area contributed by atoms with E-state index in [1.165, 1.54) is 18.9 Å². The van der Waals surface area contributed by atoms with Gasteiger partial charge in [0, 0.05) is 18.7 Å². The Morgan fingerprint density at radius 2 is 2.20 bits per heavy atom. The SMILES string of the molecule is O=C1CNC(c2cccc([N+](=O)[O-])c2)N1CCC1CC1. The Bertz CT molecular complexity index is 542. The largest absolute Gasteiger partial charge is 0.322 e. The average molecular weight is 275 g/mol. The molecule has 1 saturated carbocycles. The molecule has 1 atom stereocenters. The Hall–Kier alpha value is -1.95. The fraction of sp³-hybridized carbons (Fsp3) is 0.500. The van der Waals surface area contributed by atoms with Crippen molar-refractivity contribution in [3.05, 3.63) is 39.9 Å². The van der Waals surface area contributed by atoms with Crippen LogP contribution in [0.5, 0.6) is 0 Å². The molecule has 1 saturated heterocycles. The molecule has 2 aliphatic rings. The smallest absolute Gasteiger partial charge is 0.269 e. The summed E-state index contributed by atoms with van der Waals surface area (Å²) in [6.45, 7) is 1.03. The van der Waals surface area contributed by atoms with Gasteiger partial charge >= 0.3 is 0 Å². The lowest BCUT2D eigenvalue weighted by molar-refractivity contribution is -0.385. The van der Waals surface area contributed by atoms with E-state index in [2.05, 4.69) is 5.32 Å². The first kappa shape index (κ1) is 13.1. The highest BCUT2D eigenvalue weighted by Crippen LogP contribution is 2.34. The van der Waals surface area contributed by atoms with Crippen LogP contribution < -0.4 is 5.32 Å². The third-order valence-electron chi connectivity index (χ3n) is 3.95. The van der Waals surface area contributed by atoms with Crippen LogP contribution in [0.3, 0.4) is 0 Å². The number of rotatable bonds is 5. The van der Waals surface area contributed by atoms with Gasteiger partial charge in [-0.25, -0.2) is 0 Å². The lowest BCUT2D eigenvalue weighted by Gasteiger charge is -2.24. The van der Waals surface area contributed by atoms with Crippen LogP contribution in [-0.2, 0) is 4.79 Å². The topological polar surface area (TPSA) is 75.5 Å². The van der Waals surface area contributed by atoms with E-state index in [9.17, 15) is 14.9 Å². The van der Waals surface area contributed by atoms with Crippen molar-refractivity contribution in [2.75, 3.05) is 13.1 Å². The van der Waals surface area contributed by atoms with E-state index in [1.54, 1.807) is 17.0 Å². The van der Waals surface area contributed by atoms with Crippen molar-refractivity contribution in [2.24, 2.45) is 5.92 Å². The molecule has 1 unspecified atom stereocenters. The molecule has 0 aromatic heterocycles. The summed E-state index contributed by atoms with van der Waals surface area (Å²) in [5.41, 5.74) is 0.839. The van der Waals surface area contributed by atoms with Crippen LogP contribution in [0.25, 0.3) is 0 Å². The van der Waals surface area contributed by atoms with Crippen molar-refractivity contribution in [1.82, 2.24) is 10.2 Å². The summed E-state index contributed by atoms with van der Waals surface area (Å²) in [5, 5.41) is 14.0. The van der Waals surface area contributed by atoms with Gasteiger partial charge in [0.2, 0.25) is 5.91 Å². The van der Waals surface area contributed by atoms with E-state index in [0.717, 1.165) is 24.4 Å². The molecular weight excluding hydrogens is 258 g/mol. The summed E-state index contributed by atoms with van der Waals surface area (Å²) in [7, 11) is 0. The molecule has 1 N–H and O–H groups in total. The molecule has 1 aliphatic carbocycles. The van der Waals surface area contributed by atoms with E-state index in [4.69, 9.17) is 0 Å². The molecular formula is C14H17N3O3. The maximum absolute atomic E-state index is 11.9. The number of benzene rings is 1. The van der Waals surface area contributed by atoms with Crippen LogP contribution in [0.1, 0.15) is 31.0 Å². The number of nitro groups is 1. The second-order valence-corrected chi connectivity index (χ2v) is 5.45. The predicted octanol–water partition coefficient (Wildman–Crippen LogP) is 1.83. The van der Waals surface area contributed by atoms with Crippen LogP contribution in [0, 0.1) is 16.0 Å². The van der Waals surface area contributed by atoms with Crippen molar-refractivity contribution >= 4 is 11.6 Å². The molecule has 0 radical (unpaired) electrons. The highest BCUT2D eigenvalue weighted by molar-refractivity contribution is 5.81. The lowest BCUT2D eigenvalue weighted by Crippen LogP contribution is -2.31. The fourth-order valence-corrected chi connectivity index (χ4v) is 2.63. The van der Waals surface area contributed by atoms with Crippen molar-refractivity contribution in [2.45, 2.75) is 25.4 Å². The normalized spacial score (nSPS) is 22.3. The highest BCUT2D eigenvalue weighted by atomic mass is 16.6. The summed E-state index contributed by atoms with van der Waals surface area (Å²) < 4.78 is 0. The second kappa shape index (κ2) is 5.20. The van der Waals surface area contributed by atoms with E-state index >= 15 is 0 Å². The molecule has 1 aromatic carbocycles. The van der Waals surface area contributed by atoms with Gasteiger partial charge in [0.1, 0.15) is 6.17 Å². The van der Waals surface area contributed by atoms with Crippen LogP contribution in [0.15, 0.2) is 24.3 Å². The Morgan fingerprint density at radius 1 is 1.40 bits per heavy atom. The fourth-order valence-electron chi connectivity index (χ4n) is 2.63. The maximum Gasteiger partial charge on any atom is 0.269 e. The van der Waals surface area contributed by atoms with Gasteiger partial charge in [-0.1, -0.05) is 25.0 Å². The monoisotopic (exact) mass is 275 g/mol. The third-order valence-corrected chi connectivity index (χ3v) is 3.95. The number of amides is 1. The Balaban J connectivity index is 1.77. The number of non-ortho nitro benzene ring substituents is 1. The molecule has 0 spiro atoms. The van der Waals surface area contributed by atoms with E-state index in [0.29, 0.717) is 6.54 Å². The molecule has 1 aliphatic heterocycles. The molecule has 1 aromatic rings. The number of hydrogen-bond donors (Lipinski definition) is 1. The molecule has 6 nitrogen and oxygen atoms in total. The van der Waals surface area contributed by atoms with E-state index in [-0.39, 0.29) is 17.8 Å². The first-order valence-electron chi connectivity index (χ1n) is 6.92. The first-order valence-corrected chi connectivity index (χ1v) is 6.92. The van der Waals surface area contributed by atoms with Crippen LogP contribution in [0.4, 0.5) is 5.69 Å². The van der Waals surface area contributed by atoms with Gasteiger partial charge in [-0.05, 0) is 17.9 Å². The van der Waals surface area contributed by atoms with Crippen LogP contribution in [0.2, 0.25) is 0 Å². The van der Waals surface area contributed by atoms with E-state index < -0.39 is 4.92 Å². The van der Waals surface area contributed by atoms with Gasteiger partial charge in [0.25, 0.3) is 5.69 Å². The summed E-state index contributed by atoms with van der Waals surface area (Å²) in [4.78, 5) is 24.2. The number of nitrogens with one attached hydrogen (secondary N) is 1. The average Bonchev–Trinajstić information content (AvgIpc) is 3.20. The van der Waals surface area contributed by atoms with Crippen LogP contribution in [-0.4, -0.2) is 28.8 Å². The van der Waals surface area contributed by atoms with Crippen molar-refractivity contribution in [1.29, 1.82) is 0 Å². The zero-order valence-corrected chi connectivity index (χ0v) is 11.1. The van der Waals surface area contributed by atoms with Gasteiger partial charge in [-0.3, -0.25) is 20.2 Å². The lowest BCUT2D eigenvalue weighted by atomic mass is 10.1. The molecule has 2 fully saturated rings. The van der Waals surface area contributed by atoms with Gasteiger partial charge in [0.15, 0.2) is 0 Å². The molecule has 1 amide bonds. The van der Waals surface area contributed by atoms with Crippen molar-refractivity contribution < 1.29 is 9.72 Å². The Morgan fingerprint density at radius 3 is 2.90 bits per heavy atom. The molecule has 6 heteroatoms. The van der Waals surface area contributed by atoms with E-state index in [1.807, 2.05) is 6.07 Å². The van der Waals surface area contributed by atoms with Gasteiger partial charge in [-0.2, -0.15) is 0 Å². The van der Waals surface area contributed by atoms with Crippen molar-refractivity contribution in [3.8, 4) is 0 Å². The number of carbonyl (C=O) groups is 1. The minimum atomic E-state index is -0.408. The number of carbonyl (C=O) groups excluding carboxylic acids is 1. The Labute approximate surface area is 116 Å². The van der Waals surface area contributed by atoms with Gasteiger partial charge in [0.05, 0.1) is 11.5 Å². The highest BCUT2D eigenvalue weighted by Gasteiger charge is 2.33. The van der Waals surface area contributed by atoms with Gasteiger partial charge in [-0.15, -0.1) is 0 Å². The molecule has 106 valence electrons. The minimum absolute atomic E-state index is 0.0609.